The largest absolute Gasteiger partial charge is 0.324 e. The van der Waals surface area contributed by atoms with Gasteiger partial charge in [-0.05, 0) is 93.2 Å². The topological polar surface area (TPSA) is 73.5 Å². The lowest BCUT2D eigenvalue weighted by Crippen LogP contribution is -2.48. The molecule has 2 aromatic carbocycles. The zero-order valence-electron chi connectivity index (χ0n) is 17.1. The summed E-state index contributed by atoms with van der Waals surface area (Å²) < 4.78 is 0.948. The molecule has 6 nitrogen and oxygen atoms in total. The second-order valence-corrected chi connectivity index (χ2v) is 8.92. The number of carbonyl (C=O) groups excluding carboxylic acids is 2. The van der Waals surface area contributed by atoms with Crippen molar-refractivity contribution in [2.75, 3.05) is 23.7 Å². The number of carbonyl (C=O) groups is 2. The molecule has 2 atom stereocenters. The van der Waals surface area contributed by atoms with Crippen LogP contribution < -0.4 is 16.0 Å². The van der Waals surface area contributed by atoms with Crippen LogP contribution in [-0.2, 0) is 17.6 Å². The Bertz CT molecular complexity index is 931. The fourth-order valence-corrected chi connectivity index (χ4v) is 4.55. The number of urea groups is 1. The Kier molecular flexibility index (Phi) is 6.39. The summed E-state index contributed by atoms with van der Waals surface area (Å²) in [6.07, 6.45) is 3.44. The molecule has 2 aliphatic heterocycles. The molecule has 2 unspecified atom stereocenters. The number of benzene rings is 2. The molecule has 1 saturated heterocycles. The molecule has 2 heterocycles. The predicted octanol–water partition coefficient (Wildman–Crippen LogP) is 4.16. The first-order valence-corrected chi connectivity index (χ1v) is 11.3. The van der Waals surface area contributed by atoms with E-state index in [0.717, 1.165) is 42.5 Å². The third-order valence-corrected chi connectivity index (χ3v) is 6.45. The van der Waals surface area contributed by atoms with E-state index in [1.54, 1.807) is 4.90 Å². The molecule has 7 heteroatoms. The number of hydrogen-bond donors (Lipinski definition) is 3. The molecule has 0 aromatic heterocycles. The van der Waals surface area contributed by atoms with Gasteiger partial charge in [-0.25, -0.2) is 4.79 Å². The van der Waals surface area contributed by atoms with Gasteiger partial charge in [0, 0.05) is 21.9 Å². The highest BCUT2D eigenvalue weighted by molar-refractivity contribution is 9.10. The van der Waals surface area contributed by atoms with Crippen molar-refractivity contribution in [3.63, 3.8) is 0 Å². The van der Waals surface area contributed by atoms with Crippen molar-refractivity contribution in [1.82, 2.24) is 10.2 Å². The number of nitrogens with zero attached hydrogens (tertiary/aromatic N) is 1. The van der Waals surface area contributed by atoms with Gasteiger partial charge in [0.1, 0.15) is 6.04 Å². The smallest absolute Gasteiger partial charge is 0.322 e. The Morgan fingerprint density at radius 3 is 2.43 bits per heavy atom. The van der Waals surface area contributed by atoms with Crippen molar-refractivity contribution in [3.05, 3.63) is 58.1 Å². The summed E-state index contributed by atoms with van der Waals surface area (Å²) in [7, 11) is 0. The standard InChI is InChI=1S/C23H27BrN4O2/c1-15-2-9-21(28(15)23(30)27-19-7-4-18(24)5-8-19)22(29)26-20-6-3-16-10-12-25-13-11-17(16)14-20/h3-8,14-15,21,25H,2,9-13H2,1H3,(H,26,29)(H,27,30). The second-order valence-electron chi connectivity index (χ2n) is 8.01. The molecule has 4 rings (SSSR count). The Labute approximate surface area is 185 Å². The minimum Gasteiger partial charge on any atom is -0.324 e. The van der Waals surface area contributed by atoms with Gasteiger partial charge in [0.25, 0.3) is 0 Å². The van der Waals surface area contributed by atoms with Crippen molar-refractivity contribution < 1.29 is 9.59 Å². The van der Waals surface area contributed by atoms with E-state index in [2.05, 4.69) is 44.0 Å². The van der Waals surface area contributed by atoms with Gasteiger partial charge in [0.05, 0.1) is 0 Å². The molecule has 0 spiro atoms. The SMILES string of the molecule is CC1CCC(C(=O)Nc2ccc3c(c2)CCNCC3)N1C(=O)Nc1ccc(Br)cc1. The first-order valence-electron chi connectivity index (χ1n) is 10.5. The molecular weight excluding hydrogens is 444 g/mol. The van der Waals surface area contributed by atoms with Crippen LogP contribution in [0.3, 0.4) is 0 Å². The Morgan fingerprint density at radius 1 is 0.967 bits per heavy atom. The monoisotopic (exact) mass is 470 g/mol. The maximum Gasteiger partial charge on any atom is 0.322 e. The molecule has 0 radical (unpaired) electrons. The Morgan fingerprint density at radius 2 is 1.67 bits per heavy atom. The van der Waals surface area contributed by atoms with Crippen molar-refractivity contribution >= 4 is 39.2 Å². The number of likely N-dealkylation sites (tertiary alicyclic amines) is 1. The minimum absolute atomic E-state index is 0.00863. The molecule has 2 aliphatic rings. The summed E-state index contributed by atoms with van der Waals surface area (Å²) >= 11 is 3.40. The van der Waals surface area contributed by atoms with E-state index in [0.29, 0.717) is 12.1 Å². The summed E-state index contributed by atoms with van der Waals surface area (Å²) in [6.45, 7) is 3.93. The van der Waals surface area contributed by atoms with Gasteiger partial charge >= 0.3 is 6.03 Å². The van der Waals surface area contributed by atoms with Gasteiger partial charge in [-0.3, -0.25) is 4.79 Å². The van der Waals surface area contributed by atoms with Crippen LogP contribution in [0.1, 0.15) is 30.9 Å². The highest BCUT2D eigenvalue weighted by Crippen LogP contribution is 2.27. The van der Waals surface area contributed by atoms with Crippen LogP contribution in [0.4, 0.5) is 16.2 Å². The Balaban J connectivity index is 1.45. The lowest BCUT2D eigenvalue weighted by atomic mass is 10.0. The minimum atomic E-state index is -0.476. The summed E-state index contributed by atoms with van der Waals surface area (Å²) in [5, 5.41) is 9.37. The highest BCUT2D eigenvalue weighted by Gasteiger charge is 2.39. The number of halogens is 1. The van der Waals surface area contributed by atoms with E-state index in [4.69, 9.17) is 0 Å². The van der Waals surface area contributed by atoms with Crippen LogP contribution >= 0.6 is 15.9 Å². The lowest BCUT2D eigenvalue weighted by Gasteiger charge is -2.28. The van der Waals surface area contributed by atoms with Crippen LogP contribution in [-0.4, -0.2) is 42.0 Å². The number of anilines is 2. The van der Waals surface area contributed by atoms with Crippen LogP contribution in [0.2, 0.25) is 0 Å². The van der Waals surface area contributed by atoms with Crippen molar-refractivity contribution in [1.29, 1.82) is 0 Å². The third-order valence-electron chi connectivity index (χ3n) is 5.92. The predicted molar refractivity (Wildman–Crippen MR) is 123 cm³/mol. The summed E-state index contributed by atoms with van der Waals surface area (Å²) in [6, 6.07) is 12.9. The average molecular weight is 471 g/mol. The quantitative estimate of drug-likeness (QED) is 0.630. The number of amides is 3. The first kappa shape index (κ1) is 20.9. The fraction of sp³-hybridized carbons (Fsp3) is 0.391. The number of hydrogen-bond acceptors (Lipinski definition) is 3. The fourth-order valence-electron chi connectivity index (χ4n) is 4.28. The van der Waals surface area contributed by atoms with E-state index in [9.17, 15) is 9.59 Å². The summed E-state index contributed by atoms with van der Waals surface area (Å²) in [5.41, 5.74) is 4.12. The molecule has 1 fully saturated rings. The summed E-state index contributed by atoms with van der Waals surface area (Å²) in [5.74, 6) is -0.128. The van der Waals surface area contributed by atoms with Crippen LogP contribution in [0.5, 0.6) is 0 Å². The second kappa shape index (κ2) is 9.18. The molecule has 2 aromatic rings. The van der Waals surface area contributed by atoms with Gasteiger partial charge in [-0.2, -0.15) is 0 Å². The Hall–Kier alpha value is -2.38. The third kappa shape index (κ3) is 4.68. The van der Waals surface area contributed by atoms with Gasteiger partial charge in [-0.15, -0.1) is 0 Å². The van der Waals surface area contributed by atoms with Gasteiger partial charge < -0.3 is 20.9 Å². The molecule has 0 bridgehead atoms. The molecule has 158 valence electrons. The normalized spacial score (nSPS) is 20.9. The molecular formula is C23H27BrN4O2. The van der Waals surface area contributed by atoms with Gasteiger partial charge in [-0.1, -0.05) is 22.0 Å². The van der Waals surface area contributed by atoms with E-state index in [1.807, 2.05) is 37.3 Å². The van der Waals surface area contributed by atoms with Crippen molar-refractivity contribution in [2.24, 2.45) is 0 Å². The van der Waals surface area contributed by atoms with Crippen LogP contribution in [0.15, 0.2) is 46.9 Å². The maximum absolute atomic E-state index is 13.1. The van der Waals surface area contributed by atoms with Crippen molar-refractivity contribution in [3.8, 4) is 0 Å². The average Bonchev–Trinajstić information content (AvgIpc) is 2.97. The van der Waals surface area contributed by atoms with E-state index in [1.165, 1.54) is 11.1 Å². The number of nitrogens with one attached hydrogen (secondary N) is 3. The van der Waals surface area contributed by atoms with E-state index in [-0.39, 0.29) is 18.0 Å². The lowest BCUT2D eigenvalue weighted by molar-refractivity contribution is -0.119. The highest BCUT2D eigenvalue weighted by atomic mass is 79.9. The number of fused-ring (bicyclic) bond motifs is 1. The zero-order chi connectivity index (χ0) is 21.1. The molecule has 30 heavy (non-hydrogen) atoms. The number of rotatable bonds is 3. The summed E-state index contributed by atoms with van der Waals surface area (Å²) in [4.78, 5) is 27.7. The van der Waals surface area contributed by atoms with Gasteiger partial charge in [0.15, 0.2) is 0 Å². The van der Waals surface area contributed by atoms with E-state index >= 15 is 0 Å². The van der Waals surface area contributed by atoms with Crippen LogP contribution in [0, 0.1) is 0 Å². The van der Waals surface area contributed by atoms with Crippen LogP contribution in [0.25, 0.3) is 0 Å². The molecule has 0 saturated carbocycles. The van der Waals surface area contributed by atoms with Crippen molar-refractivity contribution in [2.45, 2.75) is 44.7 Å². The maximum atomic E-state index is 13.1. The first-order chi connectivity index (χ1) is 14.5. The molecule has 0 aliphatic carbocycles. The van der Waals surface area contributed by atoms with Gasteiger partial charge in [0.2, 0.25) is 5.91 Å². The van der Waals surface area contributed by atoms with E-state index < -0.39 is 6.04 Å². The molecule has 3 amide bonds. The zero-order valence-corrected chi connectivity index (χ0v) is 18.7. The molecule has 3 N–H and O–H groups in total.